The number of hydrogen-bond donors (Lipinski definition) is 19. The number of anilines is 5. The smallest absolute Gasteiger partial charge is 0.472 e. The molecule has 9 aromatic heterocycles. The molecule has 11 heterocycles. The third-order valence-corrected chi connectivity index (χ3v) is 26.5. The number of imidazole rings is 3. The number of phosphoric ester groups is 7. The Hall–Kier alpha value is -10.3. The van der Waals surface area contributed by atoms with Crippen molar-refractivity contribution in [1.82, 2.24) is 97.0 Å². The van der Waals surface area contributed by atoms with Crippen molar-refractivity contribution in [2.45, 2.75) is 121 Å². The molecule has 0 aliphatic carbocycles. The number of rotatable bonds is 52. The minimum absolute atomic E-state index is 0.105. The predicted molar refractivity (Wildman–Crippen MR) is 458 cm³/mol. The third-order valence-electron chi connectivity index (χ3n) is 19.2. The number of phosphoric acid groups is 7. The number of ketones is 2. The van der Waals surface area contributed by atoms with Crippen LogP contribution in [0.4, 0.5) is 29.4 Å². The molecular formula is C64H90N25O40P7. The first-order valence-corrected chi connectivity index (χ1v) is 49.7. The summed E-state index contributed by atoms with van der Waals surface area (Å²) in [5.41, 5.74) is 21.3. The fourth-order valence-corrected chi connectivity index (χ4v) is 19.3. The number of hydrogen-bond acceptors (Lipinski definition) is 49. The lowest BCUT2D eigenvalue weighted by atomic mass is 10.1. The number of aromatic nitrogens is 18. The Morgan fingerprint density at radius 2 is 0.743 bits per heavy atom. The van der Waals surface area contributed by atoms with Gasteiger partial charge < -0.3 is 97.0 Å². The normalized spacial score (nSPS) is 19.8. The molecule has 24 N–H and O–H groups in total. The van der Waals surface area contributed by atoms with Crippen LogP contribution in [0.3, 0.4) is 0 Å². The summed E-state index contributed by atoms with van der Waals surface area (Å²) in [6.45, 7) is -13.6. The number of carbonyl (C=O) groups is 2. The molecule has 0 aromatic carbocycles. The number of fused-ring (bicyclic) bond motifs is 3. The molecule has 9 aromatic rings. The molecule has 0 bridgehead atoms. The van der Waals surface area contributed by atoms with Gasteiger partial charge in [-0.2, -0.15) is 19.9 Å². The van der Waals surface area contributed by atoms with Gasteiger partial charge in [0.1, 0.15) is 66.2 Å². The van der Waals surface area contributed by atoms with Gasteiger partial charge in [-0.15, -0.1) is 0 Å². The zero-order valence-electron chi connectivity index (χ0n) is 70.7. The van der Waals surface area contributed by atoms with Crippen molar-refractivity contribution in [3.63, 3.8) is 0 Å². The maximum absolute atomic E-state index is 14.5. The summed E-state index contributed by atoms with van der Waals surface area (Å²) >= 11 is 0. The number of aryl methyl sites for hydroxylation is 1. The van der Waals surface area contributed by atoms with E-state index < -0.39 is 284 Å². The highest BCUT2D eigenvalue weighted by atomic mass is 31.2. The van der Waals surface area contributed by atoms with Gasteiger partial charge in [0, 0.05) is 50.3 Å². The number of nitrogens with two attached hydrogens (primary N) is 5. The number of carbonyl (C=O) groups excluding carboxylic acids is 2. The highest BCUT2D eigenvalue weighted by Gasteiger charge is 2.43. The summed E-state index contributed by atoms with van der Waals surface area (Å²) in [5.74, 6) is -4.80. The third kappa shape index (κ3) is 29.9. The number of nitrogen functional groups attached to an aromatic ring is 5. The molecule has 136 heavy (non-hydrogen) atoms. The fourth-order valence-electron chi connectivity index (χ4n) is 12.8. The first-order chi connectivity index (χ1) is 63.7. The van der Waals surface area contributed by atoms with Crippen LogP contribution in [-0.2, 0) is 144 Å². The Balaban J connectivity index is 0.807. The van der Waals surface area contributed by atoms with Gasteiger partial charge in [-0.05, 0) is 45.1 Å². The van der Waals surface area contributed by atoms with E-state index in [1.165, 1.54) is 36.6 Å². The second kappa shape index (κ2) is 44.7. The van der Waals surface area contributed by atoms with E-state index in [0.29, 0.717) is 4.57 Å². The summed E-state index contributed by atoms with van der Waals surface area (Å²) in [6.07, 6.45) is -7.05. The van der Waals surface area contributed by atoms with E-state index in [2.05, 4.69) is 54.8 Å². The van der Waals surface area contributed by atoms with E-state index in [-0.39, 0.29) is 75.5 Å². The molecule has 2 aliphatic rings. The Morgan fingerprint density at radius 3 is 1.12 bits per heavy atom. The molecule has 0 fully saturated rings. The zero-order valence-corrected chi connectivity index (χ0v) is 77.0. The number of aliphatic hydroxyl groups is 4. The predicted octanol–water partition coefficient (Wildman–Crippen LogP) is -4.33. The SMILES string of the molecule is Cc1cn(C[C@@H](COP(=O)(O)O[C@H](COP(=O)(O)O[C@H](COP(=O)(O)O[C@H](COP(=O)(O)O[C@H](CO)Cn2ccc(N)nc2=O)Cn2cnc3c(=O)[nH]c(N)nc32)CN2CC=C(O)C(=O)C2C)Cn2cnc3c(N)ncnc32)OP(=O)(O)OC[C@H](CN2CC=C(O)C(=O)C2C)OP(=O)(O)OC[C@H](Cn2ccc(N)nc2=O)OP(=O)(O)OC[C@@H](O)Cn2cnc3c(=O)[nH]c(N)nc32)c(=O)[nH]c1=O. The first kappa shape index (κ1) is 106. The van der Waals surface area contributed by atoms with Crippen LogP contribution >= 0.6 is 54.8 Å². The number of H-pyrrole nitrogens is 3. The summed E-state index contributed by atoms with van der Waals surface area (Å²) in [6, 6.07) is -0.333. The van der Waals surface area contributed by atoms with Crippen molar-refractivity contribution in [3.8, 4) is 0 Å². The van der Waals surface area contributed by atoms with Crippen LogP contribution in [0.2, 0.25) is 0 Å². The van der Waals surface area contributed by atoms with Crippen LogP contribution in [0, 0.1) is 6.92 Å². The van der Waals surface area contributed by atoms with Crippen LogP contribution in [0.15, 0.2) is 108 Å². The summed E-state index contributed by atoms with van der Waals surface area (Å²) in [5, 5.41) is 41.5. The number of nitrogens with zero attached hydrogens (tertiary/aromatic N) is 17. The van der Waals surface area contributed by atoms with E-state index >= 15 is 0 Å². The van der Waals surface area contributed by atoms with E-state index in [0.717, 1.165) is 85.0 Å². The summed E-state index contributed by atoms with van der Waals surface area (Å²) < 4.78 is 178. The van der Waals surface area contributed by atoms with Gasteiger partial charge >= 0.3 is 71.8 Å². The van der Waals surface area contributed by atoms with Crippen molar-refractivity contribution in [2.24, 2.45) is 0 Å². The molecular weight excluding hydrogens is 1980 g/mol. The van der Waals surface area contributed by atoms with Crippen molar-refractivity contribution >= 4 is 129 Å². The van der Waals surface area contributed by atoms with Crippen LogP contribution in [-0.4, -0.2) is 303 Å². The fraction of sp³-hybridized carbons (Fsp3) is 0.484. The molecule has 0 radical (unpaired) electrons. The van der Waals surface area contributed by atoms with Crippen LogP contribution in [0.1, 0.15) is 19.4 Å². The van der Waals surface area contributed by atoms with E-state index in [4.69, 9.17) is 92.0 Å². The lowest BCUT2D eigenvalue weighted by molar-refractivity contribution is -0.124. The lowest BCUT2D eigenvalue weighted by Gasteiger charge is -2.33. The number of Topliss-reactive ketones (excluding diaryl/α,β-unsaturated/α-hetero) is 2. The lowest BCUT2D eigenvalue weighted by Crippen LogP contribution is -2.47. The second-order valence-corrected chi connectivity index (χ2v) is 39.5. The molecule has 0 amide bonds. The van der Waals surface area contributed by atoms with Crippen molar-refractivity contribution in [1.29, 1.82) is 0 Å². The Morgan fingerprint density at radius 1 is 0.412 bits per heavy atom. The van der Waals surface area contributed by atoms with Crippen molar-refractivity contribution < 1.29 is 160 Å². The van der Waals surface area contributed by atoms with Gasteiger partial charge in [-0.25, -0.2) is 71.3 Å². The standard InChI is InChI=1S/C64H90N25O40P7/c1-33-12-86(64(101)81-57(33)96)18-41(127-134(110,111)118-23-38(15-82-8-4-44(92)51(94)34(82)2)124-132(106,107)120-25-40(17-85-11-7-47(66)76-63(85)100)126-130(102,103)116-22-36(91)13-87-31-73-49-55(87)77-60(68)79-58(49)97)26-121-136(114,115)128-42(19-88-30-72-48-53(67)70-29-71-54(48)88)27-122-133(108,109)125-39(16-83-9-5-45(93)52(95)35(83)3)24-119-135(112,113)129-43(20-89-32-74-50-56(89)78-61(69)80-59(50)98)28-117-131(104,105)123-37(21-90)14-84-10-6-46(65)75-62(84)99/h4-7,10-12,29-32,34-43,90-93H,8-9,13-28H2,1-3H3,(H,102,103)(H,104,105)(H,106,107)(H,108,109)(H,110,111)(H,112,113)(H,114,115)(H2,65,75,99)(H2,66,76,100)(H2,67,70,71)(H,81,96,101)(H3,68,77,79,97)(H3,69,78,80,98)/t34?,35?,36-,37-,38-,39-,40-,41-,42-,43-/m0/s1. The van der Waals surface area contributed by atoms with Gasteiger partial charge in [0.2, 0.25) is 23.5 Å². The zero-order chi connectivity index (χ0) is 99.5. The van der Waals surface area contributed by atoms with Crippen LogP contribution in [0.5, 0.6) is 0 Å². The molecule has 2 aliphatic heterocycles. The topological polar surface area (TPSA) is 937 Å². The Kier molecular flexibility index (Phi) is 34.9. The maximum atomic E-state index is 14.5. The van der Waals surface area contributed by atoms with Gasteiger partial charge in [-0.3, -0.25) is 126 Å². The maximum Gasteiger partial charge on any atom is 0.472 e. The van der Waals surface area contributed by atoms with Crippen LogP contribution < -0.4 is 62.4 Å². The monoisotopic (exact) mass is 2070 g/mol. The molecule has 65 nitrogen and oxygen atoms in total. The molecule has 17 atom stereocenters. The largest absolute Gasteiger partial charge is 0.505 e. The molecule has 746 valence electrons. The molecule has 0 saturated carbocycles. The summed E-state index contributed by atoms with van der Waals surface area (Å²) in [7, 11) is -40.4. The average molecular weight is 2070 g/mol. The minimum Gasteiger partial charge on any atom is -0.505 e. The highest BCUT2D eigenvalue weighted by molar-refractivity contribution is 7.49. The molecule has 11 rings (SSSR count). The van der Waals surface area contributed by atoms with Gasteiger partial charge in [-0.1, -0.05) is 0 Å². The van der Waals surface area contributed by atoms with E-state index in [1.807, 2.05) is 4.98 Å². The highest BCUT2D eigenvalue weighted by Crippen LogP contribution is 2.54. The van der Waals surface area contributed by atoms with Crippen molar-refractivity contribution in [3.05, 3.63) is 148 Å². The molecule has 0 spiro atoms. The Bertz CT molecular complexity index is 6690. The van der Waals surface area contributed by atoms with E-state index in [9.17, 15) is 125 Å². The van der Waals surface area contributed by atoms with Crippen molar-refractivity contribution in [2.75, 3.05) is 108 Å². The van der Waals surface area contributed by atoms with Gasteiger partial charge in [0.05, 0.1) is 129 Å². The number of aromatic amines is 3. The molecule has 72 heteroatoms. The average Bonchev–Trinajstić information content (AvgIpc) is 1.65. The van der Waals surface area contributed by atoms with Crippen LogP contribution in [0.25, 0.3) is 33.5 Å². The molecule has 9 unspecified atom stereocenters. The Labute approximate surface area is 759 Å². The quantitative estimate of drug-likeness (QED) is 0.0160. The second-order valence-electron chi connectivity index (χ2n) is 29.6. The van der Waals surface area contributed by atoms with E-state index in [1.54, 1.807) is 0 Å². The number of aliphatic hydroxyl groups excluding tert-OH is 4. The minimum atomic E-state index is -5.95. The van der Waals surface area contributed by atoms with Gasteiger partial charge in [0.25, 0.3) is 16.7 Å². The summed E-state index contributed by atoms with van der Waals surface area (Å²) in [4.78, 5) is 226. The first-order valence-electron chi connectivity index (χ1n) is 39.2. The molecule has 0 saturated heterocycles. The number of nitrogens with one attached hydrogen (secondary N) is 3. The van der Waals surface area contributed by atoms with Gasteiger partial charge in [0.15, 0.2) is 45.3 Å².